The second-order valence-electron chi connectivity index (χ2n) is 11.6. The van der Waals surface area contributed by atoms with Crippen molar-refractivity contribution in [2.75, 3.05) is 18.4 Å². The summed E-state index contributed by atoms with van der Waals surface area (Å²) in [5.41, 5.74) is 11.2. The number of hydrogen-bond donors (Lipinski definition) is 1. The van der Waals surface area contributed by atoms with Gasteiger partial charge in [0.15, 0.2) is 11.4 Å². The number of nitrogens with one attached hydrogen (secondary N) is 1. The smallest absolute Gasteiger partial charge is 0.227 e. The van der Waals surface area contributed by atoms with Crippen LogP contribution in [0.1, 0.15) is 47.6 Å². The van der Waals surface area contributed by atoms with Crippen LogP contribution in [0.5, 0.6) is 0 Å². The average molecular weight is 579 g/mol. The lowest BCUT2D eigenvalue weighted by Gasteiger charge is -2.16. The maximum Gasteiger partial charge on any atom is 0.227 e. The summed E-state index contributed by atoms with van der Waals surface area (Å²) in [5.74, 6) is 1.26. The third-order valence-electron chi connectivity index (χ3n) is 8.78. The summed E-state index contributed by atoms with van der Waals surface area (Å²) in [6.07, 6.45) is 7.15. The number of hydrogen-bond acceptors (Lipinski definition) is 7. The molecule has 0 amide bonds. The van der Waals surface area contributed by atoms with Gasteiger partial charge in [0.05, 0.1) is 5.56 Å². The number of nitriles is 1. The van der Waals surface area contributed by atoms with Crippen molar-refractivity contribution in [3.8, 4) is 28.7 Å². The second kappa shape index (κ2) is 11.6. The van der Waals surface area contributed by atoms with Crippen LogP contribution in [-0.2, 0) is 13.0 Å². The molecule has 1 N–H and O–H groups in total. The van der Waals surface area contributed by atoms with Gasteiger partial charge in [0.25, 0.3) is 0 Å². The molecule has 44 heavy (non-hydrogen) atoms. The Hall–Kier alpha value is -5.06. The molecular formula is C37H34N6O. The zero-order valence-electron chi connectivity index (χ0n) is 25.3. The van der Waals surface area contributed by atoms with Gasteiger partial charge in [0, 0.05) is 35.6 Å². The molecule has 1 aliphatic rings. The van der Waals surface area contributed by atoms with E-state index in [0.29, 0.717) is 17.0 Å². The van der Waals surface area contributed by atoms with Gasteiger partial charge in [-0.05, 0) is 116 Å². The van der Waals surface area contributed by atoms with Gasteiger partial charge in [0.1, 0.15) is 17.1 Å². The first-order valence-electron chi connectivity index (χ1n) is 15.3. The van der Waals surface area contributed by atoms with E-state index in [9.17, 15) is 5.26 Å². The van der Waals surface area contributed by atoms with Gasteiger partial charge in [-0.3, -0.25) is 9.88 Å². The molecule has 7 rings (SSSR count). The Morgan fingerprint density at radius 3 is 2.48 bits per heavy atom. The number of aromatic nitrogens is 3. The topological polar surface area (TPSA) is 90.9 Å². The van der Waals surface area contributed by atoms with Crippen molar-refractivity contribution in [3.05, 3.63) is 101 Å². The highest BCUT2D eigenvalue weighted by Gasteiger charge is 2.19. The fourth-order valence-electron chi connectivity index (χ4n) is 6.32. The zero-order chi connectivity index (χ0) is 30.2. The normalized spacial score (nSPS) is 13.5. The maximum atomic E-state index is 9.93. The zero-order valence-corrected chi connectivity index (χ0v) is 25.3. The van der Waals surface area contributed by atoms with Gasteiger partial charge in [-0.25, -0.2) is 9.97 Å². The van der Waals surface area contributed by atoms with Crippen molar-refractivity contribution in [2.45, 2.75) is 46.6 Å². The molecule has 218 valence electrons. The van der Waals surface area contributed by atoms with E-state index in [2.05, 4.69) is 78.4 Å². The van der Waals surface area contributed by atoms with Crippen molar-refractivity contribution < 1.29 is 4.42 Å². The van der Waals surface area contributed by atoms with Crippen LogP contribution in [0.4, 0.5) is 11.5 Å². The molecule has 6 aromatic rings. The molecule has 7 heteroatoms. The number of anilines is 2. The van der Waals surface area contributed by atoms with E-state index in [-0.39, 0.29) is 0 Å². The number of oxazole rings is 1. The molecule has 1 saturated heterocycles. The molecule has 0 aliphatic carbocycles. The highest BCUT2D eigenvalue weighted by atomic mass is 16.3. The lowest BCUT2D eigenvalue weighted by Crippen LogP contribution is -2.18. The Balaban J connectivity index is 1.24. The summed E-state index contributed by atoms with van der Waals surface area (Å²) in [6, 6.07) is 23.0. The van der Waals surface area contributed by atoms with Crippen molar-refractivity contribution in [1.29, 1.82) is 5.26 Å². The third kappa shape index (κ3) is 5.08. The molecule has 0 atom stereocenters. The molecule has 0 unspecified atom stereocenters. The summed E-state index contributed by atoms with van der Waals surface area (Å²) in [4.78, 5) is 16.7. The van der Waals surface area contributed by atoms with Crippen LogP contribution in [-0.4, -0.2) is 32.9 Å². The monoisotopic (exact) mass is 578 g/mol. The van der Waals surface area contributed by atoms with Crippen LogP contribution in [0.15, 0.2) is 77.5 Å². The van der Waals surface area contributed by atoms with Crippen molar-refractivity contribution in [3.63, 3.8) is 0 Å². The third-order valence-corrected chi connectivity index (χ3v) is 8.78. The Bertz CT molecular complexity index is 2070. The minimum Gasteiger partial charge on any atom is -0.435 e. The van der Waals surface area contributed by atoms with Gasteiger partial charge < -0.3 is 9.73 Å². The summed E-state index contributed by atoms with van der Waals surface area (Å²) in [5, 5.41) is 14.5. The lowest BCUT2D eigenvalue weighted by molar-refractivity contribution is 0.331. The van der Waals surface area contributed by atoms with Crippen LogP contribution in [0.3, 0.4) is 0 Å². The van der Waals surface area contributed by atoms with Crippen LogP contribution in [0, 0.1) is 25.2 Å². The predicted molar refractivity (Wildman–Crippen MR) is 176 cm³/mol. The van der Waals surface area contributed by atoms with E-state index >= 15 is 0 Å². The van der Waals surface area contributed by atoms with Gasteiger partial charge in [-0.15, -0.1) is 0 Å². The number of likely N-dealkylation sites (tertiary alicyclic amines) is 1. The lowest BCUT2D eigenvalue weighted by atomic mass is 9.93. The standard InChI is InChI=1S/C37H34N6O/c1-4-25-17-27-13-14-39-36(34(27)40-21-25)41-32-12-8-10-30(24(32)3)29-9-7-11-31(23(29)2)37-42-33-19-26(22-43-15-5-6-16-43)18-28(20-38)35(33)44-37/h7-14,17-19,21H,4-6,15-16,22H2,1-3H3,(H,39,41). The van der Waals surface area contributed by atoms with Gasteiger partial charge >= 0.3 is 0 Å². The Labute approximate surface area is 257 Å². The van der Waals surface area contributed by atoms with Crippen LogP contribution in [0.25, 0.3) is 44.6 Å². The summed E-state index contributed by atoms with van der Waals surface area (Å²) in [7, 11) is 0. The minimum atomic E-state index is 0.526. The Morgan fingerprint density at radius 2 is 1.68 bits per heavy atom. The quantitative estimate of drug-likeness (QED) is 0.203. The van der Waals surface area contributed by atoms with E-state index in [4.69, 9.17) is 14.4 Å². The van der Waals surface area contributed by atoms with Gasteiger partial charge in [-0.1, -0.05) is 31.2 Å². The largest absolute Gasteiger partial charge is 0.435 e. The van der Waals surface area contributed by atoms with E-state index in [1.807, 2.05) is 36.7 Å². The number of nitrogens with zero attached hydrogens (tertiary/aromatic N) is 5. The molecule has 0 radical (unpaired) electrons. The number of rotatable bonds is 7. The van der Waals surface area contributed by atoms with Crippen molar-refractivity contribution in [2.24, 2.45) is 0 Å². The van der Waals surface area contributed by atoms with Crippen LogP contribution < -0.4 is 5.32 Å². The first kappa shape index (κ1) is 27.8. The molecule has 0 bridgehead atoms. The van der Waals surface area contributed by atoms with Gasteiger partial charge in [-0.2, -0.15) is 5.26 Å². The summed E-state index contributed by atoms with van der Waals surface area (Å²) in [6.45, 7) is 9.38. The fourth-order valence-corrected chi connectivity index (χ4v) is 6.32. The molecule has 1 aliphatic heterocycles. The number of aryl methyl sites for hydroxylation is 1. The van der Waals surface area contributed by atoms with E-state index < -0.39 is 0 Å². The highest BCUT2D eigenvalue weighted by molar-refractivity contribution is 5.91. The molecule has 0 spiro atoms. The summed E-state index contributed by atoms with van der Waals surface area (Å²) >= 11 is 0. The minimum absolute atomic E-state index is 0.526. The maximum absolute atomic E-state index is 9.93. The average Bonchev–Trinajstić information content (AvgIpc) is 3.72. The molecule has 4 heterocycles. The number of fused-ring (bicyclic) bond motifs is 2. The van der Waals surface area contributed by atoms with E-state index in [1.165, 1.54) is 18.4 Å². The molecule has 3 aromatic carbocycles. The van der Waals surface area contributed by atoms with Crippen LogP contribution >= 0.6 is 0 Å². The molecular weight excluding hydrogens is 544 g/mol. The first-order valence-corrected chi connectivity index (χ1v) is 15.3. The SMILES string of the molecule is CCc1cnc2c(Nc3cccc(-c4cccc(-c5nc6cc(CN7CCCC7)cc(C#N)c6o5)c4C)c3C)nccc2c1. The molecule has 7 nitrogen and oxygen atoms in total. The van der Waals surface area contributed by atoms with Gasteiger partial charge in [0.2, 0.25) is 5.89 Å². The Kier molecular flexibility index (Phi) is 7.29. The van der Waals surface area contributed by atoms with E-state index in [0.717, 1.165) is 87.4 Å². The first-order chi connectivity index (χ1) is 21.5. The predicted octanol–water partition coefficient (Wildman–Crippen LogP) is 8.50. The van der Waals surface area contributed by atoms with Crippen molar-refractivity contribution >= 4 is 33.5 Å². The van der Waals surface area contributed by atoms with Crippen molar-refractivity contribution in [1.82, 2.24) is 19.9 Å². The molecule has 3 aromatic heterocycles. The van der Waals surface area contributed by atoms with E-state index in [1.54, 1.807) is 0 Å². The summed E-state index contributed by atoms with van der Waals surface area (Å²) < 4.78 is 6.29. The molecule has 0 saturated carbocycles. The second-order valence-corrected chi connectivity index (χ2v) is 11.6. The highest BCUT2D eigenvalue weighted by Crippen LogP contribution is 2.37. The Morgan fingerprint density at radius 1 is 0.909 bits per heavy atom. The number of benzene rings is 3. The number of pyridine rings is 2. The fraction of sp³-hybridized carbons (Fsp3) is 0.243. The molecule has 1 fully saturated rings. The van der Waals surface area contributed by atoms with Crippen LogP contribution in [0.2, 0.25) is 0 Å².